The number of unbranched alkanes of at least 4 members (excludes halogenated alkanes) is 12. The number of benzene rings is 3. The lowest BCUT2D eigenvalue weighted by Crippen LogP contribution is -2.62. The molecule has 7 saturated heterocycles. The summed E-state index contributed by atoms with van der Waals surface area (Å²) in [4.78, 5) is 153. The van der Waals surface area contributed by atoms with E-state index < -0.39 is 96.6 Å². The summed E-state index contributed by atoms with van der Waals surface area (Å²) in [5.74, 6) is -4.20. The number of ether oxygens (including phenoxy) is 4. The second kappa shape index (κ2) is 41.6. The number of ketones is 2. The molecule has 0 spiro atoms. The molecule has 13 rings (SSSR count). The number of hydrogen-bond donors (Lipinski definition) is 11. The number of urea groups is 3. The lowest BCUT2D eigenvalue weighted by Gasteiger charge is -2.38. The van der Waals surface area contributed by atoms with Crippen LogP contribution in [-0.2, 0) is 33.3 Å². The van der Waals surface area contributed by atoms with Crippen LogP contribution < -0.4 is 31.9 Å². The van der Waals surface area contributed by atoms with Gasteiger partial charge in [0.25, 0.3) is 23.6 Å². The summed E-state index contributed by atoms with van der Waals surface area (Å²) in [5, 5.41) is 66.9. The Labute approximate surface area is 671 Å². The summed E-state index contributed by atoms with van der Waals surface area (Å²) in [7, 11) is 0. The fourth-order valence-electron chi connectivity index (χ4n) is 16.6. The number of hydrogen-bond acceptors (Lipinski definition) is 24. The van der Waals surface area contributed by atoms with Crippen LogP contribution in [0.1, 0.15) is 232 Å². The number of aliphatic hydroxyl groups is 5. The highest BCUT2D eigenvalue weighted by atomic mass is 16.8. The summed E-state index contributed by atoms with van der Waals surface area (Å²) in [6.45, 7) is 13.3. The Morgan fingerprint density at radius 1 is 0.409 bits per heavy atom. The van der Waals surface area contributed by atoms with Crippen LogP contribution in [0.4, 0.5) is 14.4 Å². The first-order valence-electron chi connectivity index (χ1n) is 41.3. The zero-order valence-corrected chi connectivity index (χ0v) is 66.9. The van der Waals surface area contributed by atoms with Crippen molar-refractivity contribution in [1.29, 1.82) is 0 Å². The van der Waals surface area contributed by atoms with E-state index in [1.54, 1.807) is 98.5 Å². The molecule has 9 heterocycles. The molecule has 11 N–H and O–H groups in total. The van der Waals surface area contributed by atoms with E-state index in [1.807, 2.05) is 0 Å². The monoisotopic (exact) mass is 1600 g/mol. The number of fused-ring (bicyclic) bond motifs is 4. The fraction of sp³-hybridized carbons (Fsp3) is 0.639. The van der Waals surface area contributed by atoms with Crippen molar-refractivity contribution in [3.8, 4) is 0 Å². The number of nitrogens with one attached hydrogen (secondary N) is 6. The number of carbonyl (C=O) groups is 12. The van der Waals surface area contributed by atoms with Crippen molar-refractivity contribution in [1.82, 2.24) is 56.4 Å². The fourth-order valence-corrected chi connectivity index (χ4v) is 16.6. The van der Waals surface area contributed by atoms with Crippen molar-refractivity contribution >= 4 is 71.0 Å². The zero-order valence-electron chi connectivity index (χ0n) is 66.9. The van der Waals surface area contributed by atoms with Crippen molar-refractivity contribution in [3.05, 3.63) is 106 Å². The topological polar surface area (TPSA) is 431 Å². The summed E-state index contributed by atoms with van der Waals surface area (Å²) < 4.78 is 24.7. The van der Waals surface area contributed by atoms with Crippen LogP contribution in [0.25, 0.3) is 0 Å². The molecule has 115 heavy (non-hydrogen) atoms. The maximum atomic E-state index is 12.5. The van der Waals surface area contributed by atoms with Crippen LogP contribution in [0.5, 0.6) is 0 Å². The van der Waals surface area contributed by atoms with Gasteiger partial charge < -0.3 is 59.2 Å². The zero-order chi connectivity index (χ0) is 82.8. The number of Topliss-reactive ketones (excluding diaryl/α,β-unsaturated/α-hetero) is 2. The summed E-state index contributed by atoms with van der Waals surface area (Å²) in [6, 6.07) is 17.8. The Bertz CT molecular complexity index is 3830. The highest BCUT2D eigenvalue weighted by Gasteiger charge is 2.59. The molecule has 0 radical (unpaired) electrons. The molecule has 7 fully saturated rings. The quantitative estimate of drug-likeness (QED) is 0.0200. The first kappa shape index (κ1) is 89.0. The third-order valence-electron chi connectivity index (χ3n) is 23.3. The van der Waals surface area contributed by atoms with E-state index in [-0.39, 0.29) is 110 Å². The lowest BCUT2D eigenvalue weighted by atomic mass is 9.96. The van der Waals surface area contributed by atoms with Crippen LogP contribution in [0, 0.1) is 23.7 Å². The van der Waals surface area contributed by atoms with Gasteiger partial charge in [0, 0.05) is 69.9 Å². The van der Waals surface area contributed by atoms with Gasteiger partial charge in [-0.05, 0) is 69.2 Å². The molecule has 3 aromatic rings. The molecule has 0 bridgehead atoms. The second-order valence-corrected chi connectivity index (χ2v) is 31.7. The van der Waals surface area contributed by atoms with Gasteiger partial charge in [-0.2, -0.15) is 0 Å². The maximum Gasteiger partial charge on any atom is 0.325 e. The highest BCUT2D eigenvalue weighted by Crippen LogP contribution is 2.43. The van der Waals surface area contributed by atoms with E-state index in [2.05, 4.69) is 52.7 Å². The SMILES string of the molecule is CC1CN([C@@H]2N[C@H](CO)C(O)[C@@H]2OCCCCCCC2C(=O)c3ccccc3C2=O)C(=O)NC1=O.CC1CN([C@@H]2N[C@H](CO)C(OCCCCCCN3C(=O)c4ccccc4C3=O)[C@@H]2O)C(=O)NC1=O.CCCCC1(CCCC)OC2[C@@H](CO)N[C@@H](N3CC(C)C(=O)NC3=O)[C@H]2O1.CCCCCCCN1C(=O)c2ccccc2C1=O. The Morgan fingerprint density at radius 3 is 1.21 bits per heavy atom. The molecule has 630 valence electrons. The smallest absolute Gasteiger partial charge is 0.325 e. The number of amides is 13. The largest absolute Gasteiger partial charge is 0.395 e. The average molecular weight is 1600 g/mol. The summed E-state index contributed by atoms with van der Waals surface area (Å²) >= 11 is 0. The Hall–Kier alpha value is -8.38. The predicted molar refractivity (Wildman–Crippen MR) is 417 cm³/mol. The Kier molecular flexibility index (Phi) is 32.2. The molecule has 15 atom stereocenters. The normalized spacial score (nSPS) is 28.1. The molecule has 32 heteroatoms. The number of imide groups is 5. The average Bonchev–Trinajstić information content (AvgIpc) is 1.57. The van der Waals surface area contributed by atoms with Gasteiger partial charge in [0.05, 0.1) is 83.9 Å². The molecule has 6 unspecified atom stereocenters. The van der Waals surface area contributed by atoms with Gasteiger partial charge in [-0.15, -0.1) is 0 Å². The van der Waals surface area contributed by atoms with Crippen LogP contribution in [0.2, 0.25) is 0 Å². The van der Waals surface area contributed by atoms with E-state index in [4.69, 9.17) is 18.9 Å². The van der Waals surface area contributed by atoms with Gasteiger partial charge in [-0.25, -0.2) is 14.4 Å². The van der Waals surface area contributed by atoms with Crippen molar-refractivity contribution in [2.24, 2.45) is 23.7 Å². The first-order chi connectivity index (χ1) is 55.4. The lowest BCUT2D eigenvalue weighted by molar-refractivity contribution is -0.199. The van der Waals surface area contributed by atoms with E-state index in [1.165, 1.54) is 38.9 Å². The van der Waals surface area contributed by atoms with Crippen LogP contribution in [0.3, 0.4) is 0 Å². The van der Waals surface area contributed by atoms with Crippen LogP contribution in [-0.4, -0.2) is 266 Å². The van der Waals surface area contributed by atoms with Crippen LogP contribution in [0.15, 0.2) is 72.8 Å². The predicted octanol–water partition coefficient (Wildman–Crippen LogP) is 5.50. The molecule has 32 nitrogen and oxygen atoms in total. The van der Waals surface area contributed by atoms with Crippen molar-refractivity contribution in [2.45, 2.75) is 249 Å². The van der Waals surface area contributed by atoms with Crippen molar-refractivity contribution < 1.29 is 102 Å². The second-order valence-electron chi connectivity index (χ2n) is 31.7. The Morgan fingerprint density at radius 2 is 0.774 bits per heavy atom. The van der Waals surface area contributed by atoms with E-state index in [0.29, 0.717) is 91.9 Å². The molecule has 0 aromatic heterocycles. The number of nitrogens with zero attached hydrogens (tertiary/aromatic N) is 5. The summed E-state index contributed by atoms with van der Waals surface area (Å²) in [5.41, 5.74) is 3.06. The summed E-state index contributed by atoms with van der Waals surface area (Å²) in [6.07, 6.45) is 11.9. The third kappa shape index (κ3) is 20.8. The van der Waals surface area contributed by atoms with Gasteiger partial charge in [0.2, 0.25) is 17.7 Å². The van der Waals surface area contributed by atoms with Crippen LogP contribution >= 0.6 is 0 Å². The third-order valence-corrected chi connectivity index (χ3v) is 23.3. The van der Waals surface area contributed by atoms with E-state index in [0.717, 1.165) is 83.5 Å². The molecule has 13 amide bonds. The van der Waals surface area contributed by atoms with Gasteiger partial charge >= 0.3 is 18.1 Å². The minimum absolute atomic E-state index is 0.0844. The molecule has 10 aliphatic rings. The van der Waals surface area contributed by atoms with E-state index >= 15 is 0 Å². The maximum absolute atomic E-state index is 12.5. The van der Waals surface area contributed by atoms with Gasteiger partial charge in [-0.3, -0.25) is 84.9 Å². The van der Waals surface area contributed by atoms with Crippen molar-refractivity contribution in [2.75, 3.05) is 65.8 Å². The first-order valence-corrected chi connectivity index (χ1v) is 41.3. The van der Waals surface area contributed by atoms with E-state index in [9.17, 15) is 83.1 Å². The molecular formula is C83H117N11O21. The molecule has 1 aliphatic carbocycles. The van der Waals surface area contributed by atoms with Gasteiger partial charge in [0.1, 0.15) is 55.1 Å². The van der Waals surface area contributed by atoms with Gasteiger partial charge in [0.15, 0.2) is 17.4 Å². The minimum Gasteiger partial charge on any atom is -0.395 e. The number of rotatable bonds is 34. The molecule has 3 aromatic carbocycles. The standard InChI is InChI=1S/C25H33N3O7.C24H32N4O7.C19H33N3O5.C15H19NO2/c1-14-12-28(25(34)27-24(14)33)23-22(21(32)18(13-29)26-23)35-11-7-3-2-4-10-17-19(30)15-8-5-6-9-16(15)20(17)31;1-14-12-28(24(34)26-21(14)31)20-18(30)19(17(13-29)25-20)35-11-7-3-2-6-10-27-22(32)15-8-4-5-9-16(15)23(27)33;1-4-6-8-19(9-7-5-2)26-14-13(11-23)20-16(15(14)27-19)22-10-12(3)17(24)21-18(22)25;1-2-3-4-5-8-11-16-14(17)12-9-6-7-10-13(12)15(16)18/h5-6,8-9,14,17-18,21-23,26,29,32H,2-4,7,10-13H2,1H3,(H,27,33,34);4-5,8-9,14,17-20,25,29-30H,2-3,6-7,10-13H2,1H3,(H,26,31,34);12-16,20,23H,4-11H2,1-3H3,(H,21,24,25);6-7,9-10H,2-5,8,11H2,1H3/t14?,18-,21?,22+,23+;14?,17-,18+,19?,20+;12?,13-,14?,15+,16+;/m111./s1. The van der Waals surface area contributed by atoms with Crippen molar-refractivity contribution in [3.63, 3.8) is 0 Å². The number of aliphatic hydroxyl groups excluding tert-OH is 5. The Balaban J connectivity index is 0.000000166. The molecule has 0 saturated carbocycles. The number of carbonyl (C=O) groups excluding carboxylic acids is 12. The molecular weight excluding hydrogens is 1490 g/mol. The van der Waals surface area contributed by atoms with Gasteiger partial charge in [-0.1, -0.05) is 161 Å². The highest BCUT2D eigenvalue weighted by molar-refractivity contribution is 6.26. The molecule has 9 aliphatic heterocycles. The minimum atomic E-state index is -1.06.